The summed E-state index contributed by atoms with van der Waals surface area (Å²) in [5, 5.41) is 5.68. The van der Waals surface area contributed by atoms with Gasteiger partial charge in [0.2, 0.25) is 11.8 Å². The first-order chi connectivity index (χ1) is 9.70. The molecule has 0 spiro atoms. The molecule has 0 unspecified atom stereocenters. The van der Waals surface area contributed by atoms with Crippen LogP contribution in [0, 0.1) is 0 Å². The van der Waals surface area contributed by atoms with Gasteiger partial charge in [-0.1, -0.05) is 52.4 Å². The predicted octanol–water partition coefficient (Wildman–Crippen LogP) is 3.16. The second kappa shape index (κ2) is 14.4. The number of hydrogen-bond acceptors (Lipinski definition) is 2. The van der Waals surface area contributed by atoms with Gasteiger partial charge in [0.15, 0.2) is 0 Å². The SMILES string of the molecule is CCCCCCC(=O)NCCNC(=O)CCCCCC. The molecule has 118 valence electrons. The van der Waals surface area contributed by atoms with Crippen molar-refractivity contribution in [3.05, 3.63) is 0 Å². The van der Waals surface area contributed by atoms with Crippen LogP contribution in [-0.2, 0) is 9.59 Å². The Morgan fingerprint density at radius 1 is 0.650 bits per heavy atom. The second-order valence-corrected chi connectivity index (χ2v) is 5.32. The smallest absolute Gasteiger partial charge is 0.220 e. The van der Waals surface area contributed by atoms with Crippen LogP contribution in [0.25, 0.3) is 0 Å². The van der Waals surface area contributed by atoms with Crippen molar-refractivity contribution in [3.63, 3.8) is 0 Å². The summed E-state index contributed by atoms with van der Waals surface area (Å²) >= 11 is 0. The Hall–Kier alpha value is -1.06. The molecule has 0 atom stereocenters. The van der Waals surface area contributed by atoms with Crippen LogP contribution in [0.2, 0.25) is 0 Å². The molecule has 2 amide bonds. The van der Waals surface area contributed by atoms with E-state index in [1.165, 1.54) is 25.7 Å². The fourth-order valence-corrected chi connectivity index (χ4v) is 2.01. The van der Waals surface area contributed by atoms with E-state index >= 15 is 0 Å². The molecule has 0 aliphatic heterocycles. The molecule has 0 aromatic heterocycles. The third kappa shape index (κ3) is 13.4. The third-order valence-corrected chi connectivity index (χ3v) is 3.28. The Labute approximate surface area is 124 Å². The van der Waals surface area contributed by atoms with E-state index < -0.39 is 0 Å². The first-order valence-corrected chi connectivity index (χ1v) is 8.24. The van der Waals surface area contributed by atoms with Crippen LogP contribution in [0.15, 0.2) is 0 Å². The van der Waals surface area contributed by atoms with Crippen molar-refractivity contribution in [3.8, 4) is 0 Å². The lowest BCUT2D eigenvalue weighted by Crippen LogP contribution is -2.34. The summed E-state index contributed by atoms with van der Waals surface area (Å²) < 4.78 is 0. The molecule has 0 aliphatic rings. The normalized spacial score (nSPS) is 10.3. The lowest BCUT2D eigenvalue weighted by Gasteiger charge is -2.07. The predicted molar refractivity (Wildman–Crippen MR) is 83.5 cm³/mol. The summed E-state index contributed by atoms with van der Waals surface area (Å²) in [6.45, 7) is 5.39. The maximum absolute atomic E-state index is 11.5. The van der Waals surface area contributed by atoms with Crippen molar-refractivity contribution in [1.82, 2.24) is 10.6 Å². The molecule has 4 nitrogen and oxygen atoms in total. The molecular weight excluding hydrogens is 252 g/mol. The summed E-state index contributed by atoms with van der Waals surface area (Å²) in [6.07, 6.45) is 10.1. The molecule has 20 heavy (non-hydrogen) atoms. The topological polar surface area (TPSA) is 58.2 Å². The summed E-state index contributed by atoms with van der Waals surface area (Å²) in [5.41, 5.74) is 0. The number of hydrogen-bond donors (Lipinski definition) is 2. The molecule has 0 saturated heterocycles. The standard InChI is InChI=1S/C16H32N2O2/c1-3-5-7-9-11-15(19)17-13-14-18-16(20)12-10-8-6-4-2/h3-14H2,1-2H3,(H,17,19)(H,18,20). The van der Waals surface area contributed by atoms with E-state index in [0.29, 0.717) is 25.9 Å². The highest BCUT2D eigenvalue weighted by Crippen LogP contribution is 2.02. The molecule has 0 heterocycles. The molecule has 0 aromatic rings. The number of rotatable bonds is 13. The fraction of sp³-hybridized carbons (Fsp3) is 0.875. The van der Waals surface area contributed by atoms with Gasteiger partial charge in [-0.2, -0.15) is 0 Å². The highest BCUT2D eigenvalue weighted by atomic mass is 16.2. The maximum Gasteiger partial charge on any atom is 0.220 e. The van der Waals surface area contributed by atoms with Crippen LogP contribution in [0.3, 0.4) is 0 Å². The summed E-state index contributed by atoms with van der Waals surface area (Å²) in [6, 6.07) is 0. The third-order valence-electron chi connectivity index (χ3n) is 3.28. The lowest BCUT2D eigenvalue weighted by molar-refractivity contribution is -0.123. The highest BCUT2D eigenvalue weighted by Gasteiger charge is 2.02. The molecule has 4 heteroatoms. The number of carbonyl (C=O) groups excluding carboxylic acids is 2. The van der Waals surface area contributed by atoms with Gasteiger partial charge in [-0.3, -0.25) is 9.59 Å². The molecule has 0 saturated carbocycles. The minimum atomic E-state index is 0.0956. The number of unbranched alkanes of at least 4 members (excludes halogenated alkanes) is 6. The van der Waals surface area contributed by atoms with Gasteiger partial charge in [0.05, 0.1) is 0 Å². The van der Waals surface area contributed by atoms with Crippen LogP contribution in [0.1, 0.15) is 78.1 Å². The van der Waals surface area contributed by atoms with Gasteiger partial charge in [-0.15, -0.1) is 0 Å². The summed E-state index contributed by atoms with van der Waals surface area (Å²) in [5.74, 6) is 0.191. The van der Waals surface area contributed by atoms with Crippen molar-refractivity contribution in [2.75, 3.05) is 13.1 Å². The van der Waals surface area contributed by atoms with E-state index in [2.05, 4.69) is 24.5 Å². The largest absolute Gasteiger partial charge is 0.354 e. The fourth-order valence-electron chi connectivity index (χ4n) is 2.01. The van der Waals surface area contributed by atoms with E-state index in [4.69, 9.17) is 0 Å². The maximum atomic E-state index is 11.5. The zero-order valence-corrected chi connectivity index (χ0v) is 13.3. The Morgan fingerprint density at radius 2 is 1.05 bits per heavy atom. The van der Waals surface area contributed by atoms with Crippen LogP contribution >= 0.6 is 0 Å². The molecule has 2 N–H and O–H groups in total. The Kier molecular flexibility index (Phi) is 13.6. The van der Waals surface area contributed by atoms with Crippen LogP contribution in [0.4, 0.5) is 0 Å². The van der Waals surface area contributed by atoms with E-state index in [-0.39, 0.29) is 11.8 Å². The van der Waals surface area contributed by atoms with Crippen molar-refractivity contribution in [2.45, 2.75) is 78.1 Å². The van der Waals surface area contributed by atoms with Gasteiger partial charge < -0.3 is 10.6 Å². The molecule has 0 aromatic carbocycles. The number of amides is 2. The zero-order valence-electron chi connectivity index (χ0n) is 13.3. The van der Waals surface area contributed by atoms with Crippen molar-refractivity contribution in [2.24, 2.45) is 0 Å². The molecule has 0 rings (SSSR count). The molecule has 0 fully saturated rings. The van der Waals surface area contributed by atoms with Crippen molar-refractivity contribution in [1.29, 1.82) is 0 Å². The average Bonchev–Trinajstić information content (AvgIpc) is 2.44. The van der Waals surface area contributed by atoms with E-state index in [0.717, 1.165) is 25.7 Å². The molecule has 0 radical (unpaired) electrons. The summed E-state index contributed by atoms with van der Waals surface area (Å²) in [4.78, 5) is 22.9. The van der Waals surface area contributed by atoms with Gasteiger partial charge in [0.25, 0.3) is 0 Å². The quantitative estimate of drug-likeness (QED) is 0.510. The van der Waals surface area contributed by atoms with E-state index in [1.54, 1.807) is 0 Å². The van der Waals surface area contributed by atoms with Crippen molar-refractivity contribution >= 4 is 11.8 Å². The second-order valence-electron chi connectivity index (χ2n) is 5.32. The van der Waals surface area contributed by atoms with Gasteiger partial charge >= 0.3 is 0 Å². The van der Waals surface area contributed by atoms with Crippen molar-refractivity contribution < 1.29 is 9.59 Å². The molecule has 0 bridgehead atoms. The van der Waals surface area contributed by atoms with E-state index in [1.807, 2.05) is 0 Å². The first kappa shape index (κ1) is 18.9. The first-order valence-electron chi connectivity index (χ1n) is 8.24. The Morgan fingerprint density at radius 3 is 1.40 bits per heavy atom. The number of nitrogens with one attached hydrogen (secondary N) is 2. The minimum absolute atomic E-state index is 0.0956. The van der Waals surface area contributed by atoms with E-state index in [9.17, 15) is 9.59 Å². The monoisotopic (exact) mass is 284 g/mol. The van der Waals surface area contributed by atoms with Crippen LogP contribution < -0.4 is 10.6 Å². The van der Waals surface area contributed by atoms with Gasteiger partial charge in [-0.05, 0) is 12.8 Å². The highest BCUT2D eigenvalue weighted by molar-refractivity contribution is 5.77. The average molecular weight is 284 g/mol. The Bertz CT molecular complexity index is 229. The van der Waals surface area contributed by atoms with Gasteiger partial charge in [0.1, 0.15) is 0 Å². The Balaban J connectivity index is 3.32. The minimum Gasteiger partial charge on any atom is -0.354 e. The zero-order chi connectivity index (χ0) is 15.1. The van der Waals surface area contributed by atoms with Gasteiger partial charge in [-0.25, -0.2) is 0 Å². The number of carbonyl (C=O) groups is 2. The van der Waals surface area contributed by atoms with Crippen LogP contribution in [0.5, 0.6) is 0 Å². The lowest BCUT2D eigenvalue weighted by atomic mass is 10.1. The molecular formula is C16H32N2O2. The molecule has 0 aliphatic carbocycles. The van der Waals surface area contributed by atoms with Gasteiger partial charge in [0, 0.05) is 25.9 Å². The summed E-state index contributed by atoms with van der Waals surface area (Å²) in [7, 11) is 0. The van der Waals surface area contributed by atoms with Crippen LogP contribution in [-0.4, -0.2) is 24.9 Å².